The molecule has 0 amide bonds. The highest BCUT2D eigenvalue weighted by Gasteiger charge is 2.33. The van der Waals surface area contributed by atoms with Crippen LogP contribution in [0.5, 0.6) is 11.5 Å². The predicted molar refractivity (Wildman–Crippen MR) is 116 cm³/mol. The standard InChI is InChI=1S/C22H30NO3P/c1-6-22(7-2,27-21-11-9-8-10-17(21)15-23-3)19-14-18(25-5)12-13-20(19)26-16-24-4/h8-15,27H,6-7,16H2,1-5H3. The second-order valence-electron chi connectivity index (χ2n) is 6.30. The maximum atomic E-state index is 5.91. The lowest BCUT2D eigenvalue weighted by atomic mass is 9.91. The van der Waals surface area contributed by atoms with Crippen LogP contribution in [0.25, 0.3) is 0 Å². The minimum absolute atomic E-state index is 0.0463. The highest BCUT2D eigenvalue weighted by atomic mass is 31.1. The molecule has 0 aliphatic rings. The first-order valence-corrected chi connectivity index (χ1v) is 10.2. The molecule has 0 aliphatic carbocycles. The molecule has 1 atom stereocenters. The number of aliphatic imine (C=N–C) groups is 1. The molecule has 1 unspecified atom stereocenters. The Morgan fingerprint density at radius 1 is 1.07 bits per heavy atom. The molecule has 0 radical (unpaired) electrons. The maximum absolute atomic E-state index is 5.91. The summed E-state index contributed by atoms with van der Waals surface area (Å²) in [5, 5.41) is 1.27. The smallest absolute Gasteiger partial charge is 0.188 e. The molecule has 0 aromatic heterocycles. The van der Waals surface area contributed by atoms with E-state index in [0.717, 1.165) is 24.3 Å². The van der Waals surface area contributed by atoms with Gasteiger partial charge in [0.1, 0.15) is 11.5 Å². The fraction of sp³-hybridized carbons (Fsp3) is 0.409. The monoisotopic (exact) mass is 387 g/mol. The molecule has 4 nitrogen and oxygen atoms in total. The maximum Gasteiger partial charge on any atom is 0.188 e. The van der Waals surface area contributed by atoms with Gasteiger partial charge in [0, 0.05) is 31.1 Å². The number of methoxy groups -OCH3 is 2. The summed E-state index contributed by atoms with van der Waals surface area (Å²) in [6.45, 7) is 4.71. The Balaban J connectivity index is 2.55. The topological polar surface area (TPSA) is 40.0 Å². The molecular formula is C22H30NO3P. The molecule has 2 aromatic rings. The first kappa shape index (κ1) is 21.4. The lowest BCUT2D eigenvalue weighted by molar-refractivity contribution is 0.0499. The van der Waals surface area contributed by atoms with Gasteiger partial charge in [0.05, 0.1) is 7.11 Å². The molecule has 0 spiro atoms. The Hall–Kier alpha value is -1.90. The average Bonchev–Trinajstić information content (AvgIpc) is 2.72. The van der Waals surface area contributed by atoms with Gasteiger partial charge in [-0.15, -0.1) is 0 Å². The Morgan fingerprint density at radius 2 is 1.81 bits per heavy atom. The fourth-order valence-electron chi connectivity index (χ4n) is 3.25. The second kappa shape index (κ2) is 10.4. The van der Waals surface area contributed by atoms with Crippen molar-refractivity contribution in [3.63, 3.8) is 0 Å². The van der Waals surface area contributed by atoms with Crippen molar-refractivity contribution in [2.75, 3.05) is 28.1 Å². The average molecular weight is 387 g/mol. The molecule has 0 fully saturated rings. The normalized spacial score (nSPS) is 12.2. The van der Waals surface area contributed by atoms with Gasteiger partial charge < -0.3 is 14.2 Å². The van der Waals surface area contributed by atoms with Crippen LogP contribution in [0.15, 0.2) is 47.5 Å². The first-order chi connectivity index (χ1) is 13.1. The van der Waals surface area contributed by atoms with Crippen LogP contribution in [-0.4, -0.2) is 34.3 Å². The van der Waals surface area contributed by atoms with Crippen molar-refractivity contribution < 1.29 is 14.2 Å². The van der Waals surface area contributed by atoms with Crippen molar-refractivity contribution in [1.29, 1.82) is 0 Å². The molecular weight excluding hydrogens is 357 g/mol. The second-order valence-corrected chi connectivity index (χ2v) is 8.05. The van der Waals surface area contributed by atoms with E-state index in [0.29, 0.717) is 8.58 Å². The van der Waals surface area contributed by atoms with Crippen molar-refractivity contribution in [2.24, 2.45) is 4.99 Å². The number of hydrogen-bond donors (Lipinski definition) is 0. The first-order valence-electron chi connectivity index (χ1n) is 9.23. The molecule has 0 N–H and O–H groups in total. The van der Waals surface area contributed by atoms with Crippen molar-refractivity contribution >= 4 is 20.1 Å². The van der Waals surface area contributed by atoms with Crippen molar-refractivity contribution in [3.8, 4) is 11.5 Å². The van der Waals surface area contributed by atoms with Gasteiger partial charge in [0.15, 0.2) is 6.79 Å². The van der Waals surface area contributed by atoms with Crippen LogP contribution in [-0.2, 0) is 9.89 Å². The summed E-state index contributed by atoms with van der Waals surface area (Å²) in [6, 6.07) is 14.5. The van der Waals surface area contributed by atoms with E-state index in [1.54, 1.807) is 14.2 Å². The van der Waals surface area contributed by atoms with E-state index in [1.165, 1.54) is 16.4 Å². The van der Waals surface area contributed by atoms with Gasteiger partial charge in [-0.05, 0) is 41.9 Å². The Kier molecular flexibility index (Phi) is 8.27. The van der Waals surface area contributed by atoms with Gasteiger partial charge in [0.25, 0.3) is 0 Å². The highest BCUT2D eigenvalue weighted by Crippen LogP contribution is 2.51. The van der Waals surface area contributed by atoms with Crippen LogP contribution in [0.1, 0.15) is 37.8 Å². The third-order valence-corrected chi connectivity index (χ3v) is 7.02. The van der Waals surface area contributed by atoms with Crippen LogP contribution in [0, 0.1) is 0 Å². The molecule has 0 saturated carbocycles. The summed E-state index contributed by atoms with van der Waals surface area (Å²) in [5.41, 5.74) is 2.34. The predicted octanol–water partition coefficient (Wildman–Crippen LogP) is 4.75. The van der Waals surface area contributed by atoms with E-state index in [2.05, 4.69) is 49.2 Å². The highest BCUT2D eigenvalue weighted by molar-refractivity contribution is 7.48. The Bertz CT molecular complexity index is 757. The molecule has 27 heavy (non-hydrogen) atoms. The molecule has 0 heterocycles. The van der Waals surface area contributed by atoms with E-state index in [9.17, 15) is 0 Å². The molecule has 146 valence electrons. The van der Waals surface area contributed by atoms with Gasteiger partial charge >= 0.3 is 0 Å². The summed E-state index contributed by atoms with van der Waals surface area (Å²) in [6.07, 6.45) is 3.93. The van der Waals surface area contributed by atoms with E-state index in [-0.39, 0.29) is 11.9 Å². The van der Waals surface area contributed by atoms with Crippen molar-refractivity contribution in [3.05, 3.63) is 53.6 Å². The third kappa shape index (κ3) is 5.09. The van der Waals surface area contributed by atoms with Crippen LogP contribution < -0.4 is 14.8 Å². The van der Waals surface area contributed by atoms with E-state index in [1.807, 2.05) is 25.4 Å². The SMILES string of the molecule is CCC(CC)(Pc1ccccc1C=NC)c1cc(OC)ccc1OCOC. The van der Waals surface area contributed by atoms with E-state index in [4.69, 9.17) is 14.2 Å². The summed E-state index contributed by atoms with van der Waals surface area (Å²) < 4.78 is 16.6. The van der Waals surface area contributed by atoms with Crippen molar-refractivity contribution in [2.45, 2.75) is 31.8 Å². The van der Waals surface area contributed by atoms with Gasteiger partial charge in [-0.25, -0.2) is 0 Å². The molecule has 2 rings (SSSR count). The zero-order chi connectivity index (χ0) is 19.7. The number of ether oxygens (including phenoxy) is 3. The number of hydrogen-bond acceptors (Lipinski definition) is 4. The van der Waals surface area contributed by atoms with Crippen LogP contribution >= 0.6 is 8.58 Å². The van der Waals surface area contributed by atoms with Gasteiger partial charge in [0.2, 0.25) is 0 Å². The summed E-state index contributed by atoms with van der Waals surface area (Å²) in [5.74, 6) is 1.70. The molecule has 0 aliphatic heterocycles. The number of benzene rings is 2. The Labute approximate surface area is 164 Å². The number of nitrogens with zero attached hydrogens (tertiary/aromatic N) is 1. The molecule has 5 heteroatoms. The largest absolute Gasteiger partial charge is 0.497 e. The van der Waals surface area contributed by atoms with Gasteiger partial charge in [-0.2, -0.15) is 0 Å². The van der Waals surface area contributed by atoms with Crippen LogP contribution in [0.4, 0.5) is 0 Å². The van der Waals surface area contributed by atoms with E-state index < -0.39 is 0 Å². The minimum Gasteiger partial charge on any atom is -0.497 e. The summed E-state index contributed by atoms with van der Waals surface area (Å²) >= 11 is 0. The van der Waals surface area contributed by atoms with Crippen LogP contribution in [0.2, 0.25) is 0 Å². The zero-order valence-electron chi connectivity index (χ0n) is 16.9. The lowest BCUT2D eigenvalue weighted by Gasteiger charge is -2.34. The third-order valence-electron chi connectivity index (χ3n) is 4.84. The molecule has 2 aromatic carbocycles. The van der Waals surface area contributed by atoms with Crippen molar-refractivity contribution in [1.82, 2.24) is 0 Å². The summed E-state index contributed by atoms with van der Waals surface area (Å²) in [4.78, 5) is 4.22. The number of rotatable bonds is 10. The lowest BCUT2D eigenvalue weighted by Crippen LogP contribution is -2.24. The summed E-state index contributed by atoms with van der Waals surface area (Å²) in [7, 11) is 5.73. The molecule has 0 saturated heterocycles. The van der Waals surface area contributed by atoms with Crippen LogP contribution in [0.3, 0.4) is 0 Å². The van der Waals surface area contributed by atoms with E-state index >= 15 is 0 Å². The minimum atomic E-state index is -0.0463. The zero-order valence-corrected chi connectivity index (χ0v) is 17.9. The fourth-order valence-corrected chi connectivity index (χ4v) is 4.92. The quantitative estimate of drug-likeness (QED) is 0.336. The van der Waals surface area contributed by atoms with Gasteiger partial charge in [-0.1, -0.05) is 46.7 Å². The Morgan fingerprint density at radius 3 is 2.44 bits per heavy atom. The van der Waals surface area contributed by atoms with Gasteiger partial charge in [-0.3, -0.25) is 4.99 Å². The molecule has 0 bridgehead atoms.